The van der Waals surface area contributed by atoms with E-state index in [-0.39, 0.29) is 18.3 Å². The average molecular weight is 285 g/mol. The van der Waals surface area contributed by atoms with E-state index in [2.05, 4.69) is 10.6 Å². The highest BCUT2D eigenvalue weighted by Crippen LogP contribution is 2.29. The first-order chi connectivity index (χ1) is 8.78. The van der Waals surface area contributed by atoms with Crippen LogP contribution in [0.5, 0.6) is 5.75 Å². The summed E-state index contributed by atoms with van der Waals surface area (Å²) >= 11 is 0. The van der Waals surface area contributed by atoms with E-state index in [0.717, 1.165) is 24.0 Å². The molecule has 1 aliphatic carbocycles. The number of rotatable bonds is 7. The van der Waals surface area contributed by atoms with Crippen LogP contribution in [0.4, 0.5) is 5.69 Å². The van der Waals surface area contributed by atoms with Crippen LogP contribution in [-0.4, -0.2) is 26.1 Å². The van der Waals surface area contributed by atoms with Crippen LogP contribution >= 0.6 is 12.4 Å². The van der Waals surface area contributed by atoms with Crippen LogP contribution in [0.2, 0.25) is 0 Å². The molecule has 19 heavy (non-hydrogen) atoms. The molecule has 1 aliphatic rings. The molecule has 0 bridgehead atoms. The summed E-state index contributed by atoms with van der Waals surface area (Å²) in [6, 6.07) is 7.55. The number of benzene rings is 1. The molecule has 0 radical (unpaired) electrons. The van der Waals surface area contributed by atoms with Gasteiger partial charge in [0.25, 0.3) is 0 Å². The molecule has 1 saturated carbocycles. The summed E-state index contributed by atoms with van der Waals surface area (Å²) in [4.78, 5) is 11.5. The molecule has 1 aromatic rings. The van der Waals surface area contributed by atoms with Crippen molar-refractivity contribution < 1.29 is 9.53 Å². The quantitative estimate of drug-likeness (QED) is 0.809. The van der Waals surface area contributed by atoms with Crippen LogP contribution in [0.15, 0.2) is 24.3 Å². The molecule has 1 fully saturated rings. The molecule has 0 aliphatic heterocycles. The zero-order valence-corrected chi connectivity index (χ0v) is 12.0. The largest absolute Gasteiger partial charge is 0.493 e. The Bertz CT molecular complexity index is 391. The van der Waals surface area contributed by atoms with Gasteiger partial charge in [0.05, 0.1) is 6.61 Å². The van der Waals surface area contributed by atoms with Gasteiger partial charge in [-0.05, 0) is 50.1 Å². The first kappa shape index (κ1) is 15.8. The van der Waals surface area contributed by atoms with E-state index in [1.54, 1.807) is 0 Å². The number of halogens is 1. The van der Waals surface area contributed by atoms with Gasteiger partial charge in [-0.1, -0.05) is 0 Å². The zero-order chi connectivity index (χ0) is 12.8. The van der Waals surface area contributed by atoms with Crippen LogP contribution in [0.3, 0.4) is 0 Å². The number of hydrogen-bond acceptors (Lipinski definition) is 3. The monoisotopic (exact) mass is 284 g/mol. The lowest BCUT2D eigenvalue weighted by atomic mass is 10.3. The maximum absolute atomic E-state index is 11.5. The topological polar surface area (TPSA) is 50.4 Å². The molecule has 2 rings (SSSR count). The standard InChI is InChI=1S/C14H20N2O2.ClH/c1-15-9-8-14(17)16-12-4-6-13(7-5-12)18-10-11-2-3-11;/h4-7,11,15H,2-3,8-10H2,1H3,(H,16,17);1H. The van der Waals surface area contributed by atoms with Crippen molar-refractivity contribution in [2.75, 3.05) is 25.5 Å². The van der Waals surface area contributed by atoms with Crippen molar-refractivity contribution >= 4 is 24.0 Å². The highest BCUT2D eigenvalue weighted by molar-refractivity contribution is 5.90. The molecule has 0 saturated heterocycles. The maximum atomic E-state index is 11.5. The van der Waals surface area contributed by atoms with Crippen molar-refractivity contribution in [1.29, 1.82) is 0 Å². The Morgan fingerprint density at radius 1 is 1.32 bits per heavy atom. The van der Waals surface area contributed by atoms with Gasteiger partial charge in [0, 0.05) is 18.7 Å². The van der Waals surface area contributed by atoms with Gasteiger partial charge < -0.3 is 15.4 Å². The summed E-state index contributed by atoms with van der Waals surface area (Å²) < 4.78 is 5.63. The Morgan fingerprint density at radius 3 is 2.58 bits per heavy atom. The second-order valence-electron chi connectivity index (χ2n) is 4.68. The minimum atomic E-state index is 0. The fourth-order valence-corrected chi connectivity index (χ4v) is 1.60. The first-order valence-electron chi connectivity index (χ1n) is 6.45. The fourth-order valence-electron chi connectivity index (χ4n) is 1.60. The molecular weight excluding hydrogens is 264 g/mol. The summed E-state index contributed by atoms with van der Waals surface area (Å²) in [5, 5.41) is 5.79. The Morgan fingerprint density at radius 2 is 2.00 bits per heavy atom. The third-order valence-electron chi connectivity index (χ3n) is 2.92. The summed E-state index contributed by atoms with van der Waals surface area (Å²) in [7, 11) is 1.83. The van der Waals surface area contributed by atoms with E-state index in [0.29, 0.717) is 13.0 Å². The van der Waals surface area contributed by atoms with Gasteiger partial charge in [-0.2, -0.15) is 0 Å². The molecule has 0 atom stereocenters. The van der Waals surface area contributed by atoms with Gasteiger partial charge >= 0.3 is 0 Å². The van der Waals surface area contributed by atoms with E-state index in [1.165, 1.54) is 12.8 Å². The number of hydrogen-bond donors (Lipinski definition) is 2. The smallest absolute Gasteiger partial charge is 0.225 e. The van der Waals surface area contributed by atoms with Crippen LogP contribution in [-0.2, 0) is 4.79 Å². The lowest BCUT2D eigenvalue weighted by Crippen LogP contribution is -2.18. The minimum Gasteiger partial charge on any atom is -0.493 e. The first-order valence-corrected chi connectivity index (χ1v) is 6.45. The van der Waals surface area contributed by atoms with Gasteiger partial charge in [-0.15, -0.1) is 12.4 Å². The predicted octanol–water partition coefficient (Wildman–Crippen LogP) is 2.45. The SMILES string of the molecule is CNCCC(=O)Nc1ccc(OCC2CC2)cc1.Cl. The van der Waals surface area contributed by atoms with Gasteiger partial charge in [-0.3, -0.25) is 4.79 Å². The maximum Gasteiger partial charge on any atom is 0.225 e. The van der Waals surface area contributed by atoms with Crippen LogP contribution in [0.1, 0.15) is 19.3 Å². The Kier molecular flexibility index (Phi) is 6.67. The van der Waals surface area contributed by atoms with E-state index < -0.39 is 0 Å². The number of ether oxygens (including phenoxy) is 1. The van der Waals surface area contributed by atoms with Crippen molar-refractivity contribution in [2.24, 2.45) is 5.92 Å². The Hall–Kier alpha value is -1.26. The summed E-state index contributed by atoms with van der Waals surface area (Å²) in [6.07, 6.45) is 3.07. The molecule has 1 amide bonds. The number of amides is 1. The second-order valence-corrected chi connectivity index (χ2v) is 4.68. The van der Waals surface area contributed by atoms with Gasteiger partial charge in [0.15, 0.2) is 0 Å². The summed E-state index contributed by atoms with van der Waals surface area (Å²) in [6.45, 7) is 1.50. The van der Waals surface area contributed by atoms with Crippen molar-refractivity contribution in [3.63, 3.8) is 0 Å². The van der Waals surface area contributed by atoms with Crippen molar-refractivity contribution in [3.05, 3.63) is 24.3 Å². The predicted molar refractivity (Wildman–Crippen MR) is 79.1 cm³/mol. The molecule has 2 N–H and O–H groups in total. The number of carbonyl (C=O) groups excluding carboxylic acids is 1. The van der Waals surface area contributed by atoms with Crippen LogP contribution in [0, 0.1) is 5.92 Å². The zero-order valence-electron chi connectivity index (χ0n) is 11.1. The molecule has 0 aromatic heterocycles. The average Bonchev–Trinajstić information content (AvgIpc) is 3.20. The Balaban J connectivity index is 0.00000180. The molecule has 106 valence electrons. The van der Waals surface area contributed by atoms with E-state index in [1.807, 2.05) is 31.3 Å². The number of carbonyl (C=O) groups is 1. The molecule has 0 spiro atoms. The fraction of sp³-hybridized carbons (Fsp3) is 0.500. The van der Waals surface area contributed by atoms with Gasteiger partial charge in [0.1, 0.15) is 5.75 Å². The normalized spacial score (nSPS) is 13.5. The second kappa shape index (κ2) is 8.02. The van der Waals surface area contributed by atoms with Crippen LogP contribution in [0.25, 0.3) is 0 Å². The minimum absolute atomic E-state index is 0. The molecule has 0 unspecified atom stereocenters. The van der Waals surface area contributed by atoms with Crippen molar-refractivity contribution in [1.82, 2.24) is 5.32 Å². The third-order valence-corrected chi connectivity index (χ3v) is 2.92. The lowest BCUT2D eigenvalue weighted by Gasteiger charge is -2.07. The van der Waals surface area contributed by atoms with Gasteiger partial charge in [-0.25, -0.2) is 0 Å². The molecule has 1 aromatic carbocycles. The molecular formula is C14H21ClN2O2. The van der Waals surface area contributed by atoms with Crippen molar-refractivity contribution in [2.45, 2.75) is 19.3 Å². The Labute approximate surface area is 120 Å². The number of anilines is 1. The highest BCUT2D eigenvalue weighted by Gasteiger charge is 2.21. The molecule has 0 heterocycles. The molecule has 4 nitrogen and oxygen atoms in total. The van der Waals surface area contributed by atoms with Gasteiger partial charge in [0.2, 0.25) is 5.91 Å². The van der Waals surface area contributed by atoms with E-state index >= 15 is 0 Å². The van der Waals surface area contributed by atoms with E-state index in [4.69, 9.17) is 4.74 Å². The highest BCUT2D eigenvalue weighted by atomic mass is 35.5. The van der Waals surface area contributed by atoms with E-state index in [9.17, 15) is 4.79 Å². The third kappa shape index (κ3) is 5.94. The lowest BCUT2D eigenvalue weighted by molar-refractivity contribution is -0.116. The molecule has 5 heteroatoms. The van der Waals surface area contributed by atoms with Crippen molar-refractivity contribution in [3.8, 4) is 5.75 Å². The van der Waals surface area contributed by atoms with Crippen LogP contribution < -0.4 is 15.4 Å². The number of nitrogens with one attached hydrogen (secondary N) is 2. The summed E-state index contributed by atoms with van der Waals surface area (Å²) in [5.41, 5.74) is 0.815. The summed E-state index contributed by atoms with van der Waals surface area (Å²) in [5.74, 6) is 1.65.